The molecule has 4 atom stereocenters. The molecule has 5 rings (SSSR count). The molecule has 2 fully saturated rings. The van der Waals surface area contributed by atoms with Gasteiger partial charge in [0.05, 0.1) is 18.4 Å². The molecule has 3 aromatic rings. The van der Waals surface area contributed by atoms with Crippen molar-refractivity contribution in [2.75, 3.05) is 6.61 Å². The van der Waals surface area contributed by atoms with E-state index in [-0.39, 0.29) is 6.10 Å². The maximum Gasteiger partial charge on any atom is 0.0827 e. The summed E-state index contributed by atoms with van der Waals surface area (Å²) in [6.45, 7) is 2.77. The predicted molar refractivity (Wildman–Crippen MR) is 120 cm³/mol. The summed E-state index contributed by atoms with van der Waals surface area (Å²) >= 11 is 0. The lowest BCUT2D eigenvalue weighted by atomic mass is 9.86. The lowest BCUT2D eigenvalue weighted by Gasteiger charge is -2.32. The summed E-state index contributed by atoms with van der Waals surface area (Å²) in [5.74, 6) is 1.42. The Morgan fingerprint density at radius 3 is 2.27 bits per heavy atom. The normalized spacial score (nSPS) is 25.9. The number of nitrogens with zero attached hydrogens (tertiary/aromatic N) is 2. The molecule has 1 aliphatic heterocycles. The predicted octanol–water partition coefficient (Wildman–Crippen LogP) is 5.64. The SMILES string of the molecule is c1ccc(CN(Cc2ccccn2)[C@@H]2C[C@@H]3CO[C@H](c4ccccc4)C[C@@H]3C2)cc1. The van der Waals surface area contributed by atoms with Crippen LogP contribution in [0.15, 0.2) is 85.1 Å². The van der Waals surface area contributed by atoms with Crippen LogP contribution < -0.4 is 0 Å². The van der Waals surface area contributed by atoms with Gasteiger partial charge in [-0.1, -0.05) is 66.7 Å². The summed E-state index contributed by atoms with van der Waals surface area (Å²) in [6.07, 6.45) is 5.80. The Kier molecular flexibility index (Phi) is 5.91. The van der Waals surface area contributed by atoms with E-state index < -0.39 is 0 Å². The minimum Gasteiger partial charge on any atom is -0.373 e. The molecule has 0 N–H and O–H groups in total. The Hall–Kier alpha value is -2.49. The van der Waals surface area contributed by atoms with Crippen molar-refractivity contribution in [1.29, 1.82) is 0 Å². The molecule has 3 nitrogen and oxygen atoms in total. The first-order valence-electron chi connectivity index (χ1n) is 11.2. The molecule has 30 heavy (non-hydrogen) atoms. The summed E-state index contributed by atoms with van der Waals surface area (Å²) in [6, 6.07) is 28.4. The van der Waals surface area contributed by atoms with Crippen LogP contribution in [0, 0.1) is 11.8 Å². The zero-order valence-electron chi connectivity index (χ0n) is 17.4. The van der Waals surface area contributed by atoms with Crippen LogP contribution in [0.25, 0.3) is 0 Å². The third-order valence-corrected chi connectivity index (χ3v) is 6.85. The summed E-state index contributed by atoms with van der Waals surface area (Å²) < 4.78 is 6.31. The van der Waals surface area contributed by atoms with Crippen LogP contribution >= 0.6 is 0 Å². The number of rotatable bonds is 6. The van der Waals surface area contributed by atoms with Crippen molar-refractivity contribution < 1.29 is 4.74 Å². The fourth-order valence-corrected chi connectivity index (χ4v) is 5.29. The van der Waals surface area contributed by atoms with Gasteiger partial charge in [0.25, 0.3) is 0 Å². The maximum absolute atomic E-state index is 6.31. The van der Waals surface area contributed by atoms with Crippen molar-refractivity contribution in [3.63, 3.8) is 0 Å². The van der Waals surface area contributed by atoms with Crippen LogP contribution in [-0.4, -0.2) is 22.5 Å². The van der Waals surface area contributed by atoms with Crippen molar-refractivity contribution >= 4 is 0 Å². The number of hydrogen-bond acceptors (Lipinski definition) is 3. The molecule has 1 aromatic heterocycles. The number of aromatic nitrogens is 1. The Balaban J connectivity index is 1.31. The summed E-state index contributed by atoms with van der Waals surface area (Å²) in [4.78, 5) is 7.25. The maximum atomic E-state index is 6.31. The zero-order chi connectivity index (χ0) is 20.2. The van der Waals surface area contributed by atoms with E-state index in [0.717, 1.165) is 37.7 Å². The molecule has 1 saturated carbocycles. The highest BCUT2D eigenvalue weighted by molar-refractivity contribution is 5.19. The van der Waals surface area contributed by atoms with Crippen molar-refractivity contribution in [3.05, 3.63) is 102 Å². The summed E-state index contributed by atoms with van der Waals surface area (Å²) in [5, 5.41) is 0. The van der Waals surface area contributed by atoms with E-state index in [9.17, 15) is 0 Å². The minimum atomic E-state index is 0.254. The molecule has 1 aliphatic carbocycles. The molecule has 3 heteroatoms. The number of pyridine rings is 1. The van der Waals surface area contributed by atoms with Gasteiger partial charge in [0.1, 0.15) is 0 Å². The lowest BCUT2D eigenvalue weighted by Crippen LogP contribution is -2.33. The standard InChI is InChI=1S/C27H30N2O/c1-3-9-21(10-4-1)18-29(19-25-13-7-8-14-28-25)26-15-23-17-27(30-20-24(23)16-26)22-11-5-2-6-12-22/h1-14,23-24,26-27H,15-20H2/t23-,24+,26-,27-/m0/s1. The van der Waals surface area contributed by atoms with E-state index in [1.165, 1.54) is 24.0 Å². The first-order valence-corrected chi connectivity index (χ1v) is 11.2. The largest absolute Gasteiger partial charge is 0.373 e. The second kappa shape index (κ2) is 9.11. The van der Waals surface area contributed by atoms with E-state index in [4.69, 9.17) is 4.74 Å². The molecule has 0 radical (unpaired) electrons. The summed E-state index contributed by atoms with van der Waals surface area (Å²) in [7, 11) is 0. The number of fused-ring (bicyclic) bond motifs is 1. The zero-order valence-corrected chi connectivity index (χ0v) is 17.4. The van der Waals surface area contributed by atoms with Gasteiger partial charge in [-0.05, 0) is 54.4 Å². The van der Waals surface area contributed by atoms with E-state index in [0.29, 0.717) is 12.0 Å². The fourth-order valence-electron chi connectivity index (χ4n) is 5.29. The Morgan fingerprint density at radius 1 is 0.767 bits per heavy atom. The van der Waals surface area contributed by atoms with Crippen molar-refractivity contribution in [2.45, 2.75) is 44.5 Å². The molecule has 2 aromatic carbocycles. The number of benzene rings is 2. The van der Waals surface area contributed by atoms with Crippen LogP contribution in [0.4, 0.5) is 0 Å². The Labute approximate surface area is 179 Å². The van der Waals surface area contributed by atoms with Gasteiger partial charge in [0.15, 0.2) is 0 Å². The molecule has 0 amide bonds. The number of hydrogen-bond donors (Lipinski definition) is 0. The van der Waals surface area contributed by atoms with Crippen LogP contribution in [0.2, 0.25) is 0 Å². The van der Waals surface area contributed by atoms with E-state index in [1.807, 2.05) is 12.3 Å². The molecule has 0 bridgehead atoms. The van der Waals surface area contributed by atoms with Crippen LogP contribution in [-0.2, 0) is 17.8 Å². The Morgan fingerprint density at radius 2 is 1.50 bits per heavy atom. The molecule has 1 saturated heterocycles. The van der Waals surface area contributed by atoms with Gasteiger partial charge < -0.3 is 4.74 Å². The van der Waals surface area contributed by atoms with E-state index in [2.05, 4.69) is 82.7 Å². The van der Waals surface area contributed by atoms with Crippen molar-refractivity contribution in [2.24, 2.45) is 11.8 Å². The monoisotopic (exact) mass is 398 g/mol. The van der Waals surface area contributed by atoms with Crippen molar-refractivity contribution in [1.82, 2.24) is 9.88 Å². The quantitative estimate of drug-likeness (QED) is 0.537. The first kappa shape index (κ1) is 19.5. The molecule has 0 spiro atoms. The van der Waals surface area contributed by atoms with Gasteiger partial charge >= 0.3 is 0 Å². The second-order valence-electron chi connectivity index (χ2n) is 8.83. The lowest BCUT2D eigenvalue weighted by molar-refractivity contribution is -0.0384. The molecule has 2 heterocycles. The van der Waals surface area contributed by atoms with Gasteiger partial charge in [-0.3, -0.25) is 9.88 Å². The average Bonchev–Trinajstić information content (AvgIpc) is 3.24. The average molecular weight is 399 g/mol. The van der Waals surface area contributed by atoms with E-state index >= 15 is 0 Å². The smallest absolute Gasteiger partial charge is 0.0827 e. The summed E-state index contributed by atoms with van der Waals surface area (Å²) in [5.41, 5.74) is 3.86. The highest BCUT2D eigenvalue weighted by Gasteiger charge is 2.41. The second-order valence-corrected chi connectivity index (χ2v) is 8.83. The van der Waals surface area contributed by atoms with Gasteiger partial charge in [-0.2, -0.15) is 0 Å². The molecular weight excluding hydrogens is 368 g/mol. The van der Waals surface area contributed by atoms with Gasteiger partial charge in [-0.25, -0.2) is 0 Å². The number of ether oxygens (including phenoxy) is 1. The molecule has 154 valence electrons. The third kappa shape index (κ3) is 4.48. The third-order valence-electron chi connectivity index (χ3n) is 6.85. The molecule has 0 unspecified atom stereocenters. The molecular formula is C27H30N2O. The van der Waals surface area contributed by atoms with E-state index in [1.54, 1.807) is 0 Å². The highest BCUT2D eigenvalue weighted by Crippen LogP contribution is 2.45. The Bertz CT molecular complexity index is 874. The van der Waals surface area contributed by atoms with Crippen molar-refractivity contribution in [3.8, 4) is 0 Å². The van der Waals surface area contributed by atoms with Gasteiger partial charge in [-0.15, -0.1) is 0 Å². The van der Waals surface area contributed by atoms with Gasteiger partial charge in [0.2, 0.25) is 0 Å². The van der Waals surface area contributed by atoms with Crippen LogP contribution in [0.3, 0.4) is 0 Å². The first-order chi connectivity index (χ1) is 14.8. The topological polar surface area (TPSA) is 25.4 Å². The van der Waals surface area contributed by atoms with Crippen LogP contribution in [0.5, 0.6) is 0 Å². The fraction of sp³-hybridized carbons (Fsp3) is 0.370. The van der Waals surface area contributed by atoms with Crippen LogP contribution in [0.1, 0.15) is 42.2 Å². The molecule has 2 aliphatic rings. The minimum absolute atomic E-state index is 0.254. The van der Waals surface area contributed by atoms with Gasteiger partial charge in [0, 0.05) is 25.3 Å². The highest BCUT2D eigenvalue weighted by atomic mass is 16.5.